The van der Waals surface area contributed by atoms with E-state index in [2.05, 4.69) is 24.4 Å². The topological polar surface area (TPSA) is 41.5 Å². The fraction of sp³-hybridized carbons (Fsp3) is 0.667. The second-order valence-corrected chi connectivity index (χ2v) is 6.58. The lowest BCUT2D eigenvalue weighted by Crippen LogP contribution is -2.52. The van der Waals surface area contributed by atoms with Crippen LogP contribution in [-0.2, 0) is 6.42 Å². The minimum atomic E-state index is -0.246. The van der Waals surface area contributed by atoms with Crippen LogP contribution in [-0.4, -0.2) is 30.4 Å². The number of aliphatic hydroxyl groups is 1. The molecule has 2 rings (SSSR count). The summed E-state index contributed by atoms with van der Waals surface area (Å²) in [4.78, 5) is 0. The van der Waals surface area contributed by atoms with Crippen molar-refractivity contribution in [3.05, 3.63) is 29.8 Å². The summed E-state index contributed by atoms with van der Waals surface area (Å²) in [6.45, 7) is 2.29. The number of rotatable bonds is 6. The standard InChI is InChI=1S/C18H29NO2/c1-18(14-20,19-16-7-5-3-4-6-8-16)13-15-9-11-17(21-2)12-10-15/h9-12,16,19-20H,3-8,13-14H2,1-2H3. The molecule has 0 spiro atoms. The number of ether oxygens (including phenoxy) is 1. The molecule has 0 aromatic heterocycles. The molecule has 3 nitrogen and oxygen atoms in total. The van der Waals surface area contributed by atoms with Gasteiger partial charge in [0.05, 0.1) is 13.7 Å². The van der Waals surface area contributed by atoms with Crippen LogP contribution in [0.25, 0.3) is 0 Å². The molecule has 1 atom stereocenters. The van der Waals surface area contributed by atoms with E-state index in [0.717, 1.165) is 12.2 Å². The minimum Gasteiger partial charge on any atom is -0.497 e. The summed E-state index contributed by atoms with van der Waals surface area (Å²) in [6.07, 6.45) is 8.63. The molecule has 118 valence electrons. The van der Waals surface area contributed by atoms with Crippen molar-refractivity contribution in [2.45, 2.75) is 63.5 Å². The molecular formula is C18H29NO2. The van der Waals surface area contributed by atoms with Crippen molar-refractivity contribution in [3.8, 4) is 5.75 Å². The van der Waals surface area contributed by atoms with E-state index < -0.39 is 0 Å². The van der Waals surface area contributed by atoms with Gasteiger partial charge in [0.1, 0.15) is 5.75 Å². The summed E-state index contributed by atoms with van der Waals surface area (Å²) in [6, 6.07) is 8.68. The van der Waals surface area contributed by atoms with Crippen molar-refractivity contribution >= 4 is 0 Å². The first kappa shape index (κ1) is 16.3. The van der Waals surface area contributed by atoms with Gasteiger partial charge in [0.15, 0.2) is 0 Å². The van der Waals surface area contributed by atoms with Crippen LogP contribution in [0.1, 0.15) is 51.0 Å². The summed E-state index contributed by atoms with van der Waals surface area (Å²) >= 11 is 0. The van der Waals surface area contributed by atoms with Crippen molar-refractivity contribution in [2.75, 3.05) is 13.7 Å². The Kier molecular flexibility index (Phi) is 6.07. The van der Waals surface area contributed by atoms with Gasteiger partial charge in [0, 0.05) is 11.6 Å². The van der Waals surface area contributed by atoms with Gasteiger partial charge in [0.2, 0.25) is 0 Å². The Bertz CT molecular complexity index is 410. The Morgan fingerprint density at radius 2 is 1.76 bits per heavy atom. The maximum atomic E-state index is 9.86. The van der Waals surface area contributed by atoms with Crippen molar-refractivity contribution in [1.82, 2.24) is 5.32 Å². The molecule has 0 radical (unpaired) electrons. The van der Waals surface area contributed by atoms with Crippen LogP contribution in [0.2, 0.25) is 0 Å². The van der Waals surface area contributed by atoms with Crippen LogP contribution < -0.4 is 10.1 Å². The average molecular weight is 291 g/mol. The van der Waals surface area contributed by atoms with Gasteiger partial charge in [-0.3, -0.25) is 0 Å². The normalized spacial score (nSPS) is 19.8. The number of hydrogen-bond donors (Lipinski definition) is 2. The van der Waals surface area contributed by atoms with Crippen molar-refractivity contribution < 1.29 is 9.84 Å². The highest BCUT2D eigenvalue weighted by Crippen LogP contribution is 2.22. The molecule has 2 N–H and O–H groups in total. The Labute approximate surface area is 128 Å². The number of hydrogen-bond acceptors (Lipinski definition) is 3. The van der Waals surface area contributed by atoms with Crippen molar-refractivity contribution in [3.63, 3.8) is 0 Å². The largest absolute Gasteiger partial charge is 0.497 e. The summed E-state index contributed by atoms with van der Waals surface area (Å²) in [5.41, 5.74) is 0.984. The molecule has 1 saturated carbocycles. The highest BCUT2D eigenvalue weighted by Gasteiger charge is 2.27. The lowest BCUT2D eigenvalue weighted by Gasteiger charge is -2.34. The minimum absolute atomic E-state index is 0.162. The van der Waals surface area contributed by atoms with Crippen LogP contribution in [0.4, 0.5) is 0 Å². The first-order valence-electron chi connectivity index (χ1n) is 8.17. The van der Waals surface area contributed by atoms with E-state index in [9.17, 15) is 5.11 Å². The molecule has 1 aromatic carbocycles. The molecule has 0 amide bonds. The Morgan fingerprint density at radius 3 is 2.29 bits per heavy atom. The molecule has 1 aliphatic rings. The van der Waals surface area contributed by atoms with Crippen LogP contribution in [0.15, 0.2) is 24.3 Å². The van der Waals surface area contributed by atoms with Gasteiger partial charge in [0.25, 0.3) is 0 Å². The lowest BCUT2D eigenvalue weighted by atomic mass is 9.91. The van der Waals surface area contributed by atoms with E-state index >= 15 is 0 Å². The van der Waals surface area contributed by atoms with Gasteiger partial charge >= 0.3 is 0 Å². The number of nitrogens with one attached hydrogen (secondary N) is 1. The molecule has 0 heterocycles. The first-order valence-corrected chi connectivity index (χ1v) is 8.17. The van der Waals surface area contributed by atoms with E-state index in [4.69, 9.17) is 4.74 Å². The quantitative estimate of drug-likeness (QED) is 0.790. The van der Waals surface area contributed by atoms with Crippen molar-refractivity contribution in [1.29, 1.82) is 0 Å². The molecular weight excluding hydrogens is 262 g/mol. The predicted molar refractivity (Wildman–Crippen MR) is 86.8 cm³/mol. The number of benzene rings is 1. The fourth-order valence-electron chi connectivity index (χ4n) is 3.26. The number of aliphatic hydroxyl groups excluding tert-OH is 1. The van der Waals surface area contributed by atoms with E-state index in [0.29, 0.717) is 6.04 Å². The smallest absolute Gasteiger partial charge is 0.118 e. The molecule has 0 aliphatic heterocycles. The molecule has 1 unspecified atom stereocenters. The molecule has 3 heteroatoms. The van der Waals surface area contributed by atoms with Gasteiger partial charge in [-0.25, -0.2) is 0 Å². The summed E-state index contributed by atoms with van der Waals surface area (Å²) < 4.78 is 5.20. The van der Waals surface area contributed by atoms with Crippen LogP contribution >= 0.6 is 0 Å². The molecule has 1 fully saturated rings. The zero-order valence-corrected chi connectivity index (χ0v) is 13.4. The Morgan fingerprint density at radius 1 is 1.14 bits per heavy atom. The molecule has 1 aromatic rings. The molecule has 0 saturated heterocycles. The fourth-order valence-corrected chi connectivity index (χ4v) is 3.26. The van der Waals surface area contributed by atoms with Gasteiger partial charge < -0.3 is 15.2 Å². The summed E-state index contributed by atoms with van der Waals surface area (Å²) in [5, 5.41) is 13.6. The van der Waals surface area contributed by atoms with Crippen LogP contribution in [0, 0.1) is 0 Å². The van der Waals surface area contributed by atoms with Gasteiger partial charge in [-0.2, -0.15) is 0 Å². The molecule has 21 heavy (non-hydrogen) atoms. The second kappa shape index (κ2) is 7.81. The average Bonchev–Trinajstić information content (AvgIpc) is 2.76. The SMILES string of the molecule is COc1ccc(CC(C)(CO)NC2CCCCCC2)cc1. The third-order valence-corrected chi connectivity index (χ3v) is 4.51. The van der Waals surface area contributed by atoms with E-state index in [1.807, 2.05) is 12.1 Å². The number of methoxy groups -OCH3 is 1. The molecule has 0 bridgehead atoms. The maximum absolute atomic E-state index is 9.86. The van der Waals surface area contributed by atoms with Gasteiger partial charge in [-0.05, 0) is 43.9 Å². The lowest BCUT2D eigenvalue weighted by molar-refractivity contribution is 0.156. The van der Waals surface area contributed by atoms with Gasteiger partial charge in [-0.15, -0.1) is 0 Å². The highest BCUT2D eigenvalue weighted by atomic mass is 16.5. The second-order valence-electron chi connectivity index (χ2n) is 6.58. The highest BCUT2D eigenvalue weighted by molar-refractivity contribution is 5.28. The zero-order valence-electron chi connectivity index (χ0n) is 13.4. The van der Waals surface area contributed by atoms with Crippen molar-refractivity contribution in [2.24, 2.45) is 0 Å². The summed E-state index contributed by atoms with van der Waals surface area (Å²) in [7, 11) is 1.68. The van der Waals surface area contributed by atoms with E-state index in [1.165, 1.54) is 44.1 Å². The van der Waals surface area contributed by atoms with Crippen LogP contribution in [0.5, 0.6) is 5.75 Å². The van der Waals surface area contributed by atoms with Gasteiger partial charge in [-0.1, -0.05) is 37.8 Å². The van der Waals surface area contributed by atoms with E-state index in [1.54, 1.807) is 7.11 Å². The third kappa shape index (κ3) is 5.01. The zero-order chi connectivity index (χ0) is 15.1. The molecule has 1 aliphatic carbocycles. The van der Waals surface area contributed by atoms with Crippen LogP contribution in [0.3, 0.4) is 0 Å². The third-order valence-electron chi connectivity index (χ3n) is 4.51. The predicted octanol–water partition coefficient (Wildman–Crippen LogP) is 3.30. The van der Waals surface area contributed by atoms with E-state index in [-0.39, 0.29) is 12.1 Å². The Balaban J connectivity index is 1.98. The summed E-state index contributed by atoms with van der Waals surface area (Å²) in [5.74, 6) is 0.876. The Hall–Kier alpha value is -1.06. The first-order chi connectivity index (χ1) is 10.1. The monoisotopic (exact) mass is 291 g/mol. The maximum Gasteiger partial charge on any atom is 0.118 e.